The van der Waals surface area contributed by atoms with Crippen LogP contribution in [0.2, 0.25) is 0 Å². The maximum absolute atomic E-state index is 4.23. The number of rotatable bonds is 4. The molecule has 1 rings (SSSR count). The van der Waals surface area contributed by atoms with E-state index in [0.717, 1.165) is 12.3 Å². The van der Waals surface area contributed by atoms with Crippen LogP contribution >= 0.6 is 11.3 Å². The first kappa shape index (κ1) is 13.5. The van der Waals surface area contributed by atoms with E-state index in [9.17, 15) is 0 Å². The van der Waals surface area contributed by atoms with Gasteiger partial charge >= 0.3 is 0 Å². The molecule has 0 fully saturated rings. The van der Waals surface area contributed by atoms with Gasteiger partial charge in [0.25, 0.3) is 0 Å². The van der Waals surface area contributed by atoms with Gasteiger partial charge in [0.1, 0.15) is 0 Å². The predicted octanol–water partition coefficient (Wildman–Crippen LogP) is 3.64. The minimum atomic E-state index is 0.784. The van der Waals surface area contributed by atoms with Crippen molar-refractivity contribution in [2.45, 2.75) is 53.9 Å². The summed E-state index contributed by atoms with van der Waals surface area (Å²) in [6.45, 7) is 15.5. The third-order valence-corrected chi connectivity index (χ3v) is 5.04. The van der Waals surface area contributed by atoms with Gasteiger partial charge in [-0.05, 0) is 43.4 Å². The quantitative estimate of drug-likeness (QED) is 0.749. The largest absolute Gasteiger partial charge is 0.140 e. The van der Waals surface area contributed by atoms with Crippen molar-refractivity contribution >= 4 is 23.5 Å². The summed E-state index contributed by atoms with van der Waals surface area (Å²) in [5.74, 6) is 0.784. The molecule has 0 saturated carbocycles. The fraction of sp³-hybridized carbons (Fsp3) is 0.600. The lowest BCUT2D eigenvalue weighted by Gasteiger charge is -2.06. The normalized spacial score (nSPS) is 15.1. The molecule has 1 unspecified atom stereocenters. The average Bonchev–Trinajstić information content (AvgIpc) is 2.56. The summed E-state index contributed by atoms with van der Waals surface area (Å²) < 4.78 is 1.43. The zero-order valence-electron chi connectivity index (χ0n) is 11.3. The highest BCUT2D eigenvalue weighted by molar-refractivity contribution is 7.10. The van der Waals surface area contributed by atoms with Crippen molar-refractivity contribution in [2.75, 3.05) is 0 Å². The Bertz CT molecular complexity index is 451. The summed E-state index contributed by atoms with van der Waals surface area (Å²) in [7, 11) is 0. The van der Waals surface area contributed by atoms with Crippen LogP contribution < -0.4 is 9.75 Å². The van der Waals surface area contributed by atoms with Gasteiger partial charge in [-0.15, -0.1) is 11.3 Å². The van der Waals surface area contributed by atoms with E-state index in [1.165, 1.54) is 33.7 Å². The average molecular weight is 236 g/mol. The van der Waals surface area contributed by atoms with Gasteiger partial charge in [0, 0.05) is 9.41 Å². The van der Waals surface area contributed by atoms with Crippen LogP contribution in [0.1, 0.15) is 51.0 Å². The standard InChI is InChI=1S/C15H24S/c1-7-10(3)9-14-12(5)13(6)15(16-14)11(4)8-2/h10H,6-9H2,1-5H3/b15-11+. The van der Waals surface area contributed by atoms with Crippen LogP contribution in [0.25, 0.3) is 12.2 Å². The van der Waals surface area contributed by atoms with Crippen LogP contribution in [0, 0.1) is 12.8 Å². The molecule has 0 aliphatic heterocycles. The summed E-state index contributed by atoms with van der Waals surface area (Å²) in [4.78, 5) is 1.54. The molecule has 0 saturated heterocycles. The fourth-order valence-electron chi connectivity index (χ4n) is 1.76. The van der Waals surface area contributed by atoms with Crippen LogP contribution in [0.5, 0.6) is 0 Å². The van der Waals surface area contributed by atoms with E-state index in [2.05, 4.69) is 41.2 Å². The van der Waals surface area contributed by atoms with E-state index in [-0.39, 0.29) is 0 Å². The summed E-state index contributed by atoms with van der Waals surface area (Å²) in [5, 5.41) is 1.27. The van der Waals surface area contributed by atoms with Crippen molar-refractivity contribution in [1.82, 2.24) is 0 Å². The van der Waals surface area contributed by atoms with Crippen LogP contribution in [0.4, 0.5) is 0 Å². The first-order chi connectivity index (χ1) is 7.51. The highest BCUT2D eigenvalue weighted by atomic mass is 32.1. The maximum Gasteiger partial charge on any atom is 0.0331 e. The van der Waals surface area contributed by atoms with Gasteiger partial charge in [-0.3, -0.25) is 0 Å². The zero-order chi connectivity index (χ0) is 12.3. The van der Waals surface area contributed by atoms with Crippen LogP contribution in [-0.2, 0) is 6.42 Å². The molecule has 0 aliphatic rings. The van der Waals surface area contributed by atoms with Gasteiger partial charge in [0.2, 0.25) is 0 Å². The Labute approximate surface area is 104 Å². The van der Waals surface area contributed by atoms with E-state index in [4.69, 9.17) is 0 Å². The first-order valence-electron chi connectivity index (χ1n) is 6.28. The molecule has 0 nitrogen and oxygen atoms in total. The van der Waals surface area contributed by atoms with Crippen molar-refractivity contribution in [3.05, 3.63) is 20.2 Å². The zero-order valence-corrected chi connectivity index (χ0v) is 12.1. The summed E-state index contributed by atoms with van der Waals surface area (Å²) in [6.07, 6.45) is 3.60. The first-order valence-corrected chi connectivity index (χ1v) is 7.09. The molecular formula is C15H24S. The van der Waals surface area contributed by atoms with Gasteiger partial charge in [0.15, 0.2) is 0 Å². The lowest BCUT2D eigenvalue weighted by Crippen LogP contribution is -2.20. The Hall–Kier alpha value is -0.560. The molecule has 1 heterocycles. The van der Waals surface area contributed by atoms with Crippen molar-refractivity contribution in [2.24, 2.45) is 5.92 Å². The fourth-order valence-corrected chi connectivity index (χ4v) is 3.25. The van der Waals surface area contributed by atoms with Crippen molar-refractivity contribution in [3.8, 4) is 0 Å². The second-order valence-electron chi connectivity index (χ2n) is 4.81. The van der Waals surface area contributed by atoms with Crippen LogP contribution in [-0.4, -0.2) is 0 Å². The third kappa shape index (κ3) is 2.76. The molecule has 0 radical (unpaired) electrons. The lowest BCUT2D eigenvalue weighted by atomic mass is 10.0. The monoisotopic (exact) mass is 236 g/mol. The van der Waals surface area contributed by atoms with E-state index in [0.29, 0.717) is 0 Å². The molecule has 0 amide bonds. The molecule has 0 aromatic carbocycles. The van der Waals surface area contributed by atoms with Crippen LogP contribution in [0.15, 0.2) is 0 Å². The molecule has 1 aromatic rings. The summed E-state index contributed by atoms with van der Waals surface area (Å²) >= 11 is 1.96. The number of hydrogen-bond acceptors (Lipinski definition) is 1. The molecule has 0 N–H and O–H groups in total. The molecule has 1 aromatic heterocycles. The third-order valence-electron chi connectivity index (χ3n) is 3.52. The molecule has 0 spiro atoms. The Morgan fingerprint density at radius 2 is 2.00 bits per heavy atom. The molecule has 16 heavy (non-hydrogen) atoms. The number of hydrogen-bond donors (Lipinski definition) is 0. The molecular weight excluding hydrogens is 212 g/mol. The van der Waals surface area contributed by atoms with Crippen LogP contribution in [0.3, 0.4) is 0 Å². The van der Waals surface area contributed by atoms with Gasteiger partial charge in [-0.1, -0.05) is 39.3 Å². The second kappa shape index (κ2) is 5.67. The smallest absolute Gasteiger partial charge is 0.0331 e. The van der Waals surface area contributed by atoms with Gasteiger partial charge in [-0.25, -0.2) is 0 Å². The Kier molecular flexibility index (Phi) is 4.79. The Morgan fingerprint density at radius 1 is 1.38 bits per heavy atom. The minimum Gasteiger partial charge on any atom is -0.140 e. The lowest BCUT2D eigenvalue weighted by molar-refractivity contribution is 0.563. The molecule has 0 aliphatic carbocycles. The maximum atomic E-state index is 4.23. The molecule has 1 atom stereocenters. The molecule has 0 bridgehead atoms. The van der Waals surface area contributed by atoms with E-state index >= 15 is 0 Å². The van der Waals surface area contributed by atoms with E-state index < -0.39 is 0 Å². The predicted molar refractivity (Wildman–Crippen MR) is 76.4 cm³/mol. The van der Waals surface area contributed by atoms with Gasteiger partial charge < -0.3 is 0 Å². The number of thiophene rings is 1. The van der Waals surface area contributed by atoms with Crippen molar-refractivity contribution in [1.29, 1.82) is 0 Å². The second-order valence-corrected chi connectivity index (χ2v) is 5.91. The minimum absolute atomic E-state index is 0.784. The van der Waals surface area contributed by atoms with Crippen molar-refractivity contribution < 1.29 is 0 Å². The molecule has 90 valence electrons. The van der Waals surface area contributed by atoms with Crippen molar-refractivity contribution in [3.63, 3.8) is 0 Å². The Balaban J connectivity index is 3.21. The van der Waals surface area contributed by atoms with E-state index in [1.807, 2.05) is 11.3 Å². The topological polar surface area (TPSA) is 0 Å². The van der Waals surface area contributed by atoms with E-state index in [1.54, 1.807) is 4.88 Å². The SMILES string of the molecule is C=c1c(C)c(CC(C)CC)s/c1=C(\C)CC. The highest BCUT2D eigenvalue weighted by Crippen LogP contribution is 2.16. The molecule has 1 heteroatoms. The van der Waals surface area contributed by atoms with Gasteiger partial charge in [-0.2, -0.15) is 0 Å². The van der Waals surface area contributed by atoms with Gasteiger partial charge in [0.05, 0.1) is 0 Å². The Morgan fingerprint density at radius 3 is 2.50 bits per heavy atom. The summed E-state index contributed by atoms with van der Waals surface area (Å²) in [5.41, 5.74) is 2.90. The summed E-state index contributed by atoms with van der Waals surface area (Å²) in [6, 6.07) is 0. The highest BCUT2D eigenvalue weighted by Gasteiger charge is 2.08.